The number of thioether (sulfide) groups is 4. The van der Waals surface area contributed by atoms with E-state index in [1.54, 1.807) is 0 Å². The van der Waals surface area contributed by atoms with Crippen LogP contribution in [-0.2, 0) is 0 Å². The third kappa shape index (κ3) is 4.69. The van der Waals surface area contributed by atoms with Crippen molar-refractivity contribution >= 4 is 47.0 Å². The molecule has 0 aromatic rings. The summed E-state index contributed by atoms with van der Waals surface area (Å²) in [4.78, 5) is 5.68. The zero-order valence-corrected chi connectivity index (χ0v) is 15.4. The lowest BCUT2D eigenvalue weighted by molar-refractivity contribution is 1.57. The predicted molar refractivity (Wildman–Crippen MR) is 102 cm³/mol. The SMILES string of the molecule is CC1=C(C)SC(=C/C=C/C=C/C=C2SC(C)=C(C)S2)S1. The van der Waals surface area contributed by atoms with Crippen molar-refractivity contribution in [3.05, 3.63) is 64.6 Å². The Bertz CT molecular complexity index is 487. The number of hydrogen-bond acceptors (Lipinski definition) is 4. The maximum Gasteiger partial charge on any atom is 0.0492 e. The summed E-state index contributed by atoms with van der Waals surface area (Å²) in [6, 6.07) is 0. The average molecular weight is 339 g/mol. The van der Waals surface area contributed by atoms with Crippen LogP contribution >= 0.6 is 47.0 Å². The standard InChI is InChI=1S/C16H18S4/c1-11-12(2)18-15(17-11)9-7-5-6-8-10-16-19-13(3)14(4)20-16/h5-10H,1-4H3/b7-5+,8-6+. The van der Waals surface area contributed by atoms with Crippen LogP contribution in [-0.4, -0.2) is 0 Å². The Hall–Kier alpha value is -0.160. The molecule has 2 aliphatic heterocycles. The Kier molecular flexibility index (Phi) is 6.27. The highest BCUT2D eigenvalue weighted by molar-refractivity contribution is 8.28. The van der Waals surface area contributed by atoms with Crippen molar-refractivity contribution in [3.63, 3.8) is 0 Å². The van der Waals surface area contributed by atoms with Crippen molar-refractivity contribution in [3.8, 4) is 0 Å². The summed E-state index contributed by atoms with van der Waals surface area (Å²) in [6.07, 6.45) is 12.8. The fraction of sp³-hybridized carbons (Fsp3) is 0.250. The summed E-state index contributed by atoms with van der Waals surface area (Å²) in [5.41, 5.74) is 0. The molecule has 0 aromatic carbocycles. The highest BCUT2D eigenvalue weighted by atomic mass is 32.2. The molecule has 0 aromatic heterocycles. The summed E-state index contributed by atoms with van der Waals surface area (Å²) in [6.45, 7) is 8.72. The van der Waals surface area contributed by atoms with Gasteiger partial charge in [-0.1, -0.05) is 71.4 Å². The van der Waals surface area contributed by atoms with Gasteiger partial charge in [0.2, 0.25) is 0 Å². The minimum absolute atomic E-state index is 1.36. The molecule has 0 radical (unpaired) electrons. The average Bonchev–Trinajstić information content (AvgIpc) is 2.88. The van der Waals surface area contributed by atoms with Crippen LogP contribution in [0.15, 0.2) is 64.6 Å². The number of allylic oxidation sites excluding steroid dienone is 10. The van der Waals surface area contributed by atoms with E-state index in [2.05, 4.69) is 64.2 Å². The van der Waals surface area contributed by atoms with Gasteiger partial charge in [0.25, 0.3) is 0 Å². The fourth-order valence-corrected chi connectivity index (χ4v) is 6.17. The second kappa shape index (κ2) is 7.74. The van der Waals surface area contributed by atoms with Crippen LogP contribution < -0.4 is 0 Å². The molecule has 2 heterocycles. The first kappa shape index (κ1) is 16.2. The van der Waals surface area contributed by atoms with Crippen LogP contribution in [0.3, 0.4) is 0 Å². The Morgan fingerprint density at radius 2 is 0.800 bits per heavy atom. The second-order valence-electron chi connectivity index (χ2n) is 4.37. The topological polar surface area (TPSA) is 0 Å². The van der Waals surface area contributed by atoms with Crippen molar-refractivity contribution in [1.29, 1.82) is 0 Å². The van der Waals surface area contributed by atoms with Gasteiger partial charge >= 0.3 is 0 Å². The molecular weight excluding hydrogens is 320 g/mol. The summed E-state index contributed by atoms with van der Waals surface area (Å²) in [5, 5.41) is 0. The van der Waals surface area contributed by atoms with Gasteiger partial charge in [-0.25, -0.2) is 0 Å². The Labute approximate surface area is 139 Å². The number of hydrogen-bond donors (Lipinski definition) is 0. The monoisotopic (exact) mass is 338 g/mol. The molecule has 2 rings (SSSR count). The zero-order valence-electron chi connectivity index (χ0n) is 12.1. The largest absolute Gasteiger partial charge is 0.0867 e. The van der Waals surface area contributed by atoms with Gasteiger partial charge in [0.05, 0.1) is 0 Å². The van der Waals surface area contributed by atoms with Gasteiger partial charge in [0.15, 0.2) is 0 Å². The van der Waals surface area contributed by atoms with Crippen LogP contribution in [0.25, 0.3) is 0 Å². The van der Waals surface area contributed by atoms with E-state index in [0.717, 1.165) is 0 Å². The predicted octanol–water partition coefficient (Wildman–Crippen LogP) is 7.24. The molecule has 0 spiro atoms. The van der Waals surface area contributed by atoms with Crippen molar-refractivity contribution in [1.82, 2.24) is 0 Å². The van der Waals surface area contributed by atoms with E-state index in [0.29, 0.717) is 0 Å². The second-order valence-corrected chi connectivity index (χ2v) is 9.92. The molecule has 4 heteroatoms. The van der Waals surface area contributed by atoms with E-state index >= 15 is 0 Å². The van der Waals surface area contributed by atoms with Gasteiger partial charge < -0.3 is 0 Å². The van der Waals surface area contributed by atoms with Gasteiger partial charge in [-0.2, -0.15) is 0 Å². The van der Waals surface area contributed by atoms with Crippen LogP contribution in [0, 0.1) is 0 Å². The van der Waals surface area contributed by atoms with Gasteiger partial charge in [0, 0.05) is 8.47 Å². The van der Waals surface area contributed by atoms with Crippen molar-refractivity contribution < 1.29 is 0 Å². The minimum Gasteiger partial charge on any atom is -0.0867 e. The van der Waals surface area contributed by atoms with Crippen molar-refractivity contribution in [2.24, 2.45) is 0 Å². The first-order chi connectivity index (χ1) is 9.56. The van der Waals surface area contributed by atoms with E-state index in [1.807, 2.05) is 47.0 Å². The smallest absolute Gasteiger partial charge is 0.0492 e. The Morgan fingerprint density at radius 3 is 1.10 bits per heavy atom. The van der Waals surface area contributed by atoms with E-state index in [4.69, 9.17) is 0 Å². The Morgan fingerprint density at radius 1 is 0.500 bits per heavy atom. The first-order valence-electron chi connectivity index (χ1n) is 6.38. The maximum absolute atomic E-state index is 2.18. The first-order valence-corrected chi connectivity index (χ1v) is 9.64. The summed E-state index contributed by atoms with van der Waals surface area (Å²) in [7, 11) is 0. The minimum atomic E-state index is 1.36. The lowest BCUT2D eigenvalue weighted by atomic mass is 10.4. The molecule has 0 aliphatic carbocycles. The maximum atomic E-state index is 2.18. The van der Waals surface area contributed by atoms with Gasteiger partial charge in [-0.3, -0.25) is 0 Å². The molecule has 0 N–H and O–H groups in total. The molecule has 0 fully saturated rings. The fourth-order valence-electron chi connectivity index (χ4n) is 1.47. The quantitative estimate of drug-likeness (QED) is 0.497. The molecule has 0 bridgehead atoms. The van der Waals surface area contributed by atoms with Crippen molar-refractivity contribution in [2.45, 2.75) is 27.7 Å². The molecule has 0 amide bonds. The van der Waals surface area contributed by atoms with Crippen LogP contribution in [0.2, 0.25) is 0 Å². The third-order valence-corrected chi connectivity index (χ3v) is 7.86. The van der Waals surface area contributed by atoms with Crippen LogP contribution in [0.5, 0.6) is 0 Å². The lowest BCUT2D eigenvalue weighted by Gasteiger charge is -1.91. The molecule has 2 aliphatic rings. The molecule has 0 saturated carbocycles. The highest BCUT2D eigenvalue weighted by Gasteiger charge is 2.13. The summed E-state index contributed by atoms with van der Waals surface area (Å²) < 4.78 is 2.72. The van der Waals surface area contributed by atoms with Gasteiger partial charge in [0.1, 0.15) is 0 Å². The molecule has 0 unspecified atom stereocenters. The summed E-state index contributed by atoms with van der Waals surface area (Å²) >= 11 is 7.45. The van der Waals surface area contributed by atoms with Crippen molar-refractivity contribution in [2.75, 3.05) is 0 Å². The van der Waals surface area contributed by atoms with E-state index in [-0.39, 0.29) is 0 Å². The summed E-state index contributed by atoms with van der Waals surface area (Å²) in [5.74, 6) is 0. The molecule has 106 valence electrons. The van der Waals surface area contributed by atoms with Crippen LogP contribution in [0.1, 0.15) is 27.7 Å². The molecule has 0 saturated heterocycles. The molecular formula is C16H18S4. The van der Waals surface area contributed by atoms with Gasteiger partial charge in [-0.15, -0.1) is 0 Å². The number of rotatable bonds is 3. The molecule has 0 nitrogen and oxygen atoms in total. The normalized spacial score (nSPS) is 20.2. The van der Waals surface area contributed by atoms with E-state index < -0.39 is 0 Å². The molecule has 20 heavy (non-hydrogen) atoms. The highest BCUT2D eigenvalue weighted by Crippen LogP contribution is 2.49. The van der Waals surface area contributed by atoms with Gasteiger partial charge in [-0.05, 0) is 59.5 Å². The Balaban J connectivity index is 1.79. The lowest BCUT2D eigenvalue weighted by Crippen LogP contribution is -1.60. The zero-order chi connectivity index (χ0) is 14.5. The van der Waals surface area contributed by atoms with E-state index in [1.165, 1.54) is 28.1 Å². The molecule has 0 atom stereocenters. The van der Waals surface area contributed by atoms with Crippen LogP contribution in [0.4, 0.5) is 0 Å². The van der Waals surface area contributed by atoms with E-state index in [9.17, 15) is 0 Å². The third-order valence-electron chi connectivity index (χ3n) is 2.80.